The first-order valence-electron chi connectivity index (χ1n) is 26.9. The molecule has 1 aliphatic rings. The number of aliphatic hydroxyl groups is 1. The van der Waals surface area contributed by atoms with Crippen LogP contribution >= 0.6 is 0 Å². The first kappa shape index (κ1) is 65.6. The molecule has 0 radical (unpaired) electrons. The zero-order valence-corrected chi connectivity index (χ0v) is 47.7. The number of aliphatic hydroxyl groups excluding tert-OH is 1. The Morgan fingerprint density at radius 2 is 1.46 bits per heavy atom. The van der Waals surface area contributed by atoms with Gasteiger partial charge < -0.3 is 49.2 Å². The summed E-state index contributed by atoms with van der Waals surface area (Å²) in [5, 5.41) is 14.5. The summed E-state index contributed by atoms with van der Waals surface area (Å²) in [6.45, 7) is 21.1. The minimum atomic E-state index is -1.05. The van der Waals surface area contributed by atoms with E-state index in [1.165, 1.54) is 14.0 Å². The Morgan fingerprint density at radius 3 is 2.00 bits per heavy atom. The number of amides is 4. The maximum Gasteiger partial charge on any atom is 0.407 e. The molecule has 0 spiro atoms. The van der Waals surface area contributed by atoms with E-state index in [1.807, 2.05) is 110 Å². The highest BCUT2D eigenvalue weighted by Gasteiger charge is 2.42. The molecule has 0 bridgehead atoms. The minimum absolute atomic E-state index is 0.0214. The smallest absolute Gasteiger partial charge is 0.407 e. The molecule has 1 aromatic carbocycles. The topological polar surface area (TPSA) is 220 Å². The van der Waals surface area contributed by atoms with Crippen molar-refractivity contribution in [1.82, 2.24) is 25.3 Å². The Bertz CT molecular complexity index is 1890. The number of Topliss-reactive ketones (excluding diaryl/α,β-unsaturated/α-hetero) is 2. The van der Waals surface area contributed by atoms with Crippen LogP contribution in [-0.2, 0) is 52.5 Å². The van der Waals surface area contributed by atoms with Crippen molar-refractivity contribution >= 4 is 41.4 Å². The molecule has 0 aromatic heterocycles. The normalized spacial score (nSPS) is 18.8. The zero-order chi connectivity index (χ0) is 56.0. The van der Waals surface area contributed by atoms with E-state index in [9.17, 15) is 38.7 Å². The number of esters is 1. The number of likely N-dealkylation sites (tertiary alicyclic amines) is 1. The maximum absolute atomic E-state index is 14.4. The second kappa shape index (κ2) is 32.8. The van der Waals surface area contributed by atoms with Gasteiger partial charge in [0.05, 0.1) is 37.3 Å². The van der Waals surface area contributed by atoms with Gasteiger partial charge in [0.1, 0.15) is 24.5 Å². The number of alkyl carbamates (subject to hydrolysis) is 1. The molecule has 4 unspecified atom stereocenters. The summed E-state index contributed by atoms with van der Waals surface area (Å²) in [4.78, 5) is 101. The van der Waals surface area contributed by atoms with Gasteiger partial charge in [-0.1, -0.05) is 106 Å². The second-order valence-electron chi connectivity index (χ2n) is 21.4. The monoisotopic (exact) mass is 1050 g/mol. The molecule has 4 amide bonds. The third-order valence-electron chi connectivity index (χ3n) is 15.0. The Labute approximate surface area is 443 Å². The second-order valence-corrected chi connectivity index (χ2v) is 21.4. The molecule has 3 N–H and O–H groups in total. The van der Waals surface area contributed by atoms with Crippen molar-refractivity contribution < 1.29 is 62.4 Å². The van der Waals surface area contributed by atoms with Crippen LogP contribution in [0.1, 0.15) is 139 Å². The Balaban J connectivity index is 2.14. The van der Waals surface area contributed by atoms with E-state index in [1.54, 1.807) is 19.1 Å². The minimum Gasteiger partial charge on any atom is -0.456 e. The SMILES string of the molecule is CCC(CO)OC(COC(=O)NCCC(=O)N[C@@H](C)C(=O)O[C@@H](c1ccccc1)C(C)CC(=O)[C@H](C)[C@@H](C)[C@@H]1CCCN1C(=O)C[C@@H](OC)[C@H]([C@@H](C)CC)N(C)C(=O)C(CC(=O)[C@H](C(C)C)N(C)C)C(C)C)OC. The van der Waals surface area contributed by atoms with Crippen molar-refractivity contribution in [3.8, 4) is 0 Å². The van der Waals surface area contributed by atoms with Crippen molar-refractivity contribution in [3.63, 3.8) is 0 Å². The molecule has 18 nitrogen and oxygen atoms in total. The van der Waals surface area contributed by atoms with Gasteiger partial charge in [0, 0.05) is 77.4 Å². The van der Waals surface area contributed by atoms with E-state index < -0.39 is 72.4 Å². The van der Waals surface area contributed by atoms with Gasteiger partial charge in [0.25, 0.3) is 0 Å². The predicted molar refractivity (Wildman–Crippen MR) is 283 cm³/mol. The standard InChI is InChI=1S/C56H95N5O13/c1-17-36(7)52(60(14)54(67)43(34(3)4)30-46(64)51(35(5)6)59(12)13)47(70-15)31-49(66)61-28-22-25-44(61)38(9)39(10)45(63)29-37(8)53(41-23-20-19-21-24-41)74-55(68)40(11)58-48(65)26-27-57-56(69)72-33-50(71-16)73-42(18-2)32-62/h19-21,23-24,34-40,42-44,47,50-53,62H,17-18,22,25-33H2,1-16H3,(H,57,69)(H,58,65)/t36-,37?,38+,39+,40-,42?,43?,44-,47+,50?,51-,52-,53+/m0/s1. The molecule has 2 rings (SSSR count). The number of ether oxygens (including phenoxy) is 5. The molecule has 422 valence electrons. The van der Waals surface area contributed by atoms with E-state index in [2.05, 4.69) is 24.5 Å². The summed E-state index contributed by atoms with van der Waals surface area (Å²) < 4.78 is 27.9. The fraction of sp³-hybridized carbons (Fsp3) is 0.768. The van der Waals surface area contributed by atoms with Crippen LogP contribution in [-0.4, -0.2) is 165 Å². The Morgan fingerprint density at radius 1 is 0.811 bits per heavy atom. The van der Waals surface area contributed by atoms with Gasteiger partial charge >= 0.3 is 12.1 Å². The molecule has 18 heteroatoms. The molecule has 13 atom stereocenters. The lowest BCUT2D eigenvalue weighted by Gasteiger charge is -2.41. The third kappa shape index (κ3) is 19.9. The number of carbonyl (C=O) groups is 7. The number of rotatable bonds is 34. The molecule has 1 fully saturated rings. The van der Waals surface area contributed by atoms with Crippen molar-refractivity contribution in [2.75, 3.05) is 61.7 Å². The lowest BCUT2D eigenvalue weighted by Crippen LogP contribution is -2.53. The number of benzene rings is 1. The lowest BCUT2D eigenvalue weighted by atomic mass is 9.80. The van der Waals surface area contributed by atoms with Crippen LogP contribution in [0.2, 0.25) is 0 Å². The van der Waals surface area contributed by atoms with Crippen LogP contribution in [0.4, 0.5) is 4.79 Å². The van der Waals surface area contributed by atoms with Crippen LogP contribution in [0, 0.1) is 41.4 Å². The number of carbonyl (C=O) groups excluding carboxylic acids is 7. The molecular formula is C56H95N5O13. The summed E-state index contributed by atoms with van der Waals surface area (Å²) >= 11 is 0. The molecule has 1 saturated heterocycles. The van der Waals surface area contributed by atoms with Gasteiger partial charge in [-0.15, -0.1) is 0 Å². The van der Waals surface area contributed by atoms with Crippen molar-refractivity contribution in [1.29, 1.82) is 0 Å². The van der Waals surface area contributed by atoms with Crippen LogP contribution in [0.25, 0.3) is 0 Å². The lowest BCUT2D eigenvalue weighted by molar-refractivity contribution is -0.181. The van der Waals surface area contributed by atoms with E-state index in [0.717, 1.165) is 19.3 Å². The summed E-state index contributed by atoms with van der Waals surface area (Å²) in [6, 6.07) is 7.11. The number of ketones is 2. The van der Waals surface area contributed by atoms with Gasteiger partial charge in [0.2, 0.25) is 17.7 Å². The van der Waals surface area contributed by atoms with Crippen LogP contribution < -0.4 is 10.6 Å². The number of nitrogens with one attached hydrogen (secondary N) is 2. The van der Waals surface area contributed by atoms with Crippen LogP contribution in [0.3, 0.4) is 0 Å². The zero-order valence-electron chi connectivity index (χ0n) is 47.7. The molecule has 74 heavy (non-hydrogen) atoms. The summed E-state index contributed by atoms with van der Waals surface area (Å²) in [6.07, 6.45) is -0.738. The number of hydrogen-bond donors (Lipinski definition) is 3. The van der Waals surface area contributed by atoms with Crippen molar-refractivity contribution in [3.05, 3.63) is 35.9 Å². The largest absolute Gasteiger partial charge is 0.456 e. The summed E-state index contributed by atoms with van der Waals surface area (Å²) in [5.41, 5.74) is 0.686. The van der Waals surface area contributed by atoms with E-state index >= 15 is 0 Å². The van der Waals surface area contributed by atoms with E-state index in [-0.39, 0.29) is 105 Å². The Kier molecular flexibility index (Phi) is 29.1. The quantitative estimate of drug-likeness (QED) is 0.0489. The van der Waals surface area contributed by atoms with Gasteiger partial charge in [-0.25, -0.2) is 9.59 Å². The average Bonchev–Trinajstić information content (AvgIpc) is 3.86. The van der Waals surface area contributed by atoms with Gasteiger partial charge in [-0.3, -0.25) is 28.9 Å². The van der Waals surface area contributed by atoms with E-state index in [0.29, 0.717) is 18.5 Å². The molecule has 1 aromatic rings. The van der Waals surface area contributed by atoms with Crippen molar-refractivity contribution in [2.45, 2.75) is 176 Å². The highest BCUT2D eigenvalue weighted by Crippen LogP contribution is 2.35. The number of likely N-dealkylation sites (N-methyl/N-ethyl adjacent to an activating group) is 2. The van der Waals surface area contributed by atoms with Gasteiger partial charge in [-0.2, -0.15) is 0 Å². The summed E-state index contributed by atoms with van der Waals surface area (Å²) in [5.74, 6) is -3.14. The van der Waals surface area contributed by atoms with Gasteiger partial charge in [0.15, 0.2) is 12.1 Å². The Hall–Kier alpha value is -4.49. The number of methoxy groups -OCH3 is 2. The molecular weight excluding hydrogens is 951 g/mol. The molecule has 1 aliphatic heterocycles. The first-order valence-corrected chi connectivity index (χ1v) is 26.9. The van der Waals surface area contributed by atoms with Crippen LogP contribution in [0.15, 0.2) is 30.3 Å². The van der Waals surface area contributed by atoms with E-state index in [4.69, 9.17) is 23.7 Å². The van der Waals surface area contributed by atoms with Crippen LogP contribution in [0.5, 0.6) is 0 Å². The third-order valence-corrected chi connectivity index (χ3v) is 15.0. The highest BCUT2D eigenvalue weighted by molar-refractivity contribution is 5.90. The van der Waals surface area contributed by atoms with Crippen molar-refractivity contribution in [2.24, 2.45) is 41.4 Å². The average molecular weight is 1050 g/mol. The highest BCUT2D eigenvalue weighted by atomic mass is 16.7. The molecule has 0 aliphatic carbocycles. The number of hydrogen-bond acceptors (Lipinski definition) is 14. The maximum atomic E-state index is 14.4. The van der Waals surface area contributed by atoms with Gasteiger partial charge in [-0.05, 0) is 69.5 Å². The predicted octanol–water partition coefficient (Wildman–Crippen LogP) is 6.61. The fourth-order valence-electron chi connectivity index (χ4n) is 10.2. The molecule has 1 heterocycles. The first-order chi connectivity index (χ1) is 34.9. The number of nitrogens with zero attached hydrogens (tertiary/aromatic N) is 3. The fourth-order valence-corrected chi connectivity index (χ4v) is 10.2. The summed E-state index contributed by atoms with van der Waals surface area (Å²) in [7, 11) is 8.50. The molecule has 0 saturated carbocycles.